The van der Waals surface area contributed by atoms with Crippen molar-refractivity contribution in [2.75, 3.05) is 5.73 Å². The van der Waals surface area contributed by atoms with E-state index in [9.17, 15) is 4.79 Å². The van der Waals surface area contributed by atoms with E-state index in [1.807, 2.05) is 6.07 Å². The second kappa shape index (κ2) is 3.18. The Morgan fingerprint density at radius 2 is 2.14 bits per heavy atom. The number of carbonyl (C=O) groups is 1. The first-order valence-corrected chi connectivity index (χ1v) is 5.09. The highest BCUT2D eigenvalue weighted by molar-refractivity contribution is 7.80. The number of nitrogens with two attached hydrogens (primary N) is 1. The Kier molecular flexibility index (Phi) is 2.13. The van der Waals surface area contributed by atoms with E-state index in [4.69, 9.17) is 10.8 Å². The second-order valence-electron chi connectivity index (χ2n) is 2.86. The molecule has 0 unspecified atom stereocenters. The second-order valence-corrected chi connectivity index (χ2v) is 4.46. The standard InChI is InChI=1S/C9H7NO2S2/c10-8-2-4-1-6(13)5(9(11)12)3-7(4)14-8/h1-3,13H,10H2,(H,11,12). The van der Waals surface area contributed by atoms with Crippen molar-refractivity contribution in [1.82, 2.24) is 0 Å². The molecule has 0 aliphatic carbocycles. The SMILES string of the molecule is Nc1cc2cc(S)c(C(=O)O)cc2s1. The summed E-state index contributed by atoms with van der Waals surface area (Å²) in [6.45, 7) is 0. The zero-order valence-corrected chi connectivity index (χ0v) is 8.73. The summed E-state index contributed by atoms with van der Waals surface area (Å²) in [6.07, 6.45) is 0. The Labute approximate surface area is 89.6 Å². The van der Waals surface area contributed by atoms with Crippen molar-refractivity contribution < 1.29 is 9.90 Å². The molecule has 0 bridgehead atoms. The Balaban J connectivity index is 2.76. The van der Waals surface area contributed by atoms with Crippen molar-refractivity contribution in [1.29, 1.82) is 0 Å². The van der Waals surface area contributed by atoms with Gasteiger partial charge in [-0.2, -0.15) is 0 Å². The van der Waals surface area contributed by atoms with Gasteiger partial charge in [0.1, 0.15) is 0 Å². The average Bonchev–Trinajstić information content (AvgIpc) is 2.42. The number of rotatable bonds is 1. The van der Waals surface area contributed by atoms with E-state index in [-0.39, 0.29) is 5.56 Å². The topological polar surface area (TPSA) is 63.3 Å². The maximum atomic E-state index is 10.8. The van der Waals surface area contributed by atoms with Gasteiger partial charge in [0, 0.05) is 9.60 Å². The van der Waals surface area contributed by atoms with Crippen LogP contribution in [0, 0.1) is 0 Å². The quantitative estimate of drug-likeness (QED) is 0.653. The molecule has 3 N–H and O–H groups in total. The largest absolute Gasteiger partial charge is 0.478 e. The molecule has 1 heterocycles. The molecule has 3 nitrogen and oxygen atoms in total. The fourth-order valence-corrected chi connectivity index (χ4v) is 2.42. The smallest absolute Gasteiger partial charge is 0.336 e. The monoisotopic (exact) mass is 225 g/mol. The number of thiol groups is 1. The lowest BCUT2D eigenvalue weighted by Crippen LogP contribution is -1.96. The molecule has 14 heavy (non-hydrogen) atoms. The molecule has 0 amide bonds. The number of nitrogen functional groups attached to an aromatic ring is 1. The fourth-order valence-electron chi connectivity index (χ4n) is 1.27. The van der Waals surface area contributed by atoms with Crippen molar-refractivity contribution in [2.24, 2.45) is 0 Å². The van der Waals surface area contributed by atoms with Gasteiger partial charge >= 0.3 is 5.97 Å². The maximum absolute atomic E-state index is 10.8. The summed E-state index contributed by atoms with van der Waals surface area (Å²) < 4.78 is 0.873. The summed E-state index contributed by atoms with van der Waals surface area (Å²) in [5.41, 5.74) is 5.82. The minimum atomic E-state index is -0.969. The van der Waals surface area contributed by atoms with Crippen LogP contribution in [0.25, 0.3) is 10.1 Å². The van der Waals surface area contributed by atoms with Crippen LogP contribution in [0.3, 0.4) is 0 Å². The summed E-state index contributed by atoms with van der Waals surface area (Å²) in [7, 11) is 0. The minimum absolute atomic E-state index is 0.211. The zero-order chi connectivity index (χ0) is 10.3. The molecule has 0 spiro atoms. The molecule has 0 aliphatic rings. The number of anilines is 1. The molecular formula is C9H7NO2S2. The molecule has 0 aliphatic heterocycles. The van der Waals surface area contributed by atoms with Crippen molar-refractivity contribution in [3.05, 3.63) is 23.8 Å². The molecule has 0 radical (unpaired) electrons. The van der Waals surface area contributed by atoms with Gasteiger partial charge in [-0.1, -0.05) is 0 Å². The molecule has 0 fully saturated rings. The lowest BCUT2D eigenvalue weighted by molar-refractivity contribution is 0.0693. The van der Waals surface area contributed by atoms with E-state index in [2.05, 4.69) is 12.6 Å². The molecule has 2 aromatic rings. The van der Waals surface area contributed by atoms with Crippen LogP contribution >= 0.6 is 24.0 Å². The van der Waals surface area contributed by atoms with Gasteiger partial charge in [-0.3, -0.25) is 0 Å². The first kappa shape index (κ1) is 9.36. The number of thiophene rings is 1. The highest BCUT2D eigenvalue weighted by Crippen LogP contribution is 2.31. The number of fused-ring (bicyclic) bond motifs is 1. The van der Waals surface area contributed by atoms with Gasteiger partial charge in [0.2, 0.25) is 0 Å². The Morgan fingerprint density at radius 1 is 1.43 bits per heavy atom. The van der Waals surface area contributed by atoms with Crippen LogP contribution in [-0.4, -0.2) is 11.1 Å². The molecule has 0 atom stereocenters. The van der Waals surface area contributed by atoms with E-state index in [0.29, 0.717) is 9.90 Å². The average molecular weight is 225 g/mol. The number of hydrogen-bond acceptors (Lipinski definition) is 4. The van der Waals surface area contributed by atoms with Gasteiger partial charge in [0.25, 0.3) is 0 Å². The highest BCUT2D eigenvalue weighted by Gasteiger charge is 2.10. The third kappa shape index (κ3) is 1.44. The van der Waals surface area contributed by atoms with Gasteiger partial charge in [0.15, 0.2) is 0 Å². The predicted molar refractivity (Wildman–Crippen MR) is 60.4 cm³/mol. The summed E-state index contributed by atoms with van der Waals surface area (Å²) in [5.74, 6) is -0.969. The number of hydrogen-bond donors (Lipinski definition) is 3. The minimum Gasteiger partial charge on any atom is -0.478 e. The number of aromatic carboxylic acids is 1. The molecule has 0 saturated carbocycles. The van der Waals surface area contributed by atoms with Gasteiger partial charge in [-0.05, 0) is 23.6 Å². The van der Waals surface area contributed by atoms with Crippen LogP contribution in [0.5, 0.6) is 0 Å². The third-order valence-corrected chi connectivity index (χ3v) is 3.18. The highest BCUT2D eigenvalue weighted by atomic mass is 32.1. The van der Waals surface area contributed by atoms with Crippen molar-refractivity contribution in [2.45, 2.75) is 4.90 Å². The van der Waals surface area contributed by atoms with Gasteiger partial charge in [0.05, 0.1) is 10.6 Å². The van der Waals surface area contributed by atoms with Gasteiger partial charge < -0.3 is 10.8 Å². The fraction of sp³-hybridized carbons (Fsp3) is 0. The van der Waals surface area contributed by atoms with Crippen LogP contribution in [-0.2, 0) is 0 Å². The maximum Gasteiger partial charge on any atom is 0.336 e. The molecule has 2 rings (SSSR count). The molecule has 0 saturated heterocycles. The van der Waals surface area contributed by atoms with E-state index < -0.39 is 5.97 Å². The number of benzene rings is 1. The first-order chi connectivity index (χ1) is 6.58. The van der Waals surface area contributed by atoms with Gasteiger partial charge in [-0.25, -0.2) is 4.79 Å². The van der Waals surface area contributed by atoms with Crippen molar-refractivity contribution in [3.8, 4) is 0 Å². The van der Waals surface area contributed by atoms with Crippen molar-refractivity contribution in [3.63, 3.8) is 0 Å². The van der Waals surface area contributed by atoms with Gasteiger partial charge in [-0.15, -0.1) is 24.0 Å². The van der Waals surface area contributed by atoms with E-state index in [1.165, 1.54) is 11.3 Å². The molecule has 1 aromatic carbocycles. The lowest BCUT2D eigenvalue weighted by Gasteiger charge is -1.98. The third-order valence-electron chi connectivity index (χ3n) is 1.88. The van der Waals surface area contributed by atoms with Crippen molar-refractivity contribution >= 4 is 45.0 Å². The van der Waals surface area contributed by atoms with Crippen LogP contribution in [0.2, 0.25) is 0 Å². The Bertz CT molecular complexity index is 519. The summed E-state index contributed by atoms with van der Waals surface area (Å²) >= 11 is 5.48. The van der Waals surface area contributed by atoms with E-state index in [0.717, 1.165) is 10.1 Å². The summed E-state index contributed by atoms with van der Waals surface area (Å²) in [6, 6.07) is 5.13. The first-order valence-electron chi connectivity index (χ1n) is 3.83. The van der Waals surface area contributed by atoms with E-state index >= 15 is 0 Å². The molecule has 1 aromatic heterocycles. The summed E-state index contributed by atoms with van der Waals surface area (Å²) in [4.78, 5) is 11.3. The molecule has 5 heteroatoms. The number of carboxylic acids is 1. The van der Waals surface area contributed by atoms with Crippen LogP contribution in [0.15, 0.2) is 23.1 Å². The van der Waals surface area contributed by atoms with Crippen LogP contribution < -0.4 is 5.73 Å². The normalized spacial score (nSPS) is 10.6. The number of carboxylic acid groups (broad SMARTS) is 1. The summed E-state index contributed by atoms with van der Waals surface area (Å²) in [5, 5.41) is 10.5. The van der Waals surface area contributed by atoms with Crippen LogP contribution in [0.4, 0.5) is 5.00 Å². The predicted octanol–water partition coefficient (Wildman–Crippen LogP) is 2.47. The molecular weight excluding hydrogens is 218 g/mol. The molecule has 72 valence electrons. The van der Waals surface area contributed by atoms with E-state index in [1.54, 1.807) is 12.1 Å². The van der Waals surface area contributed by atoms with Crippen LogP contribution in [0.1, 0.15) is 10.4 Å². The zero-order valence-electron chi connectivity index (χ0n) is 7.02. The Hall–Kier alpha value is -1.20. The lowest BCUT2D eigenvalue weighted by atomic mass is 10.2. The Morgan fingerprint density at radius 3 is 2.79 bits per heavy atom.